The SMILES string of the molecule is CCc1cc(CC2(C(=O)O)CCN(C(=O)O)C(C)C2)nc(Nc2cc(C)n(C(C)(C)C)n2)c1F. The molecule has 2 unspecified atom stereocenters. The molecule has 1 saturated heterocycles. The van der Waals surface area contributed by atoms with E-state index in [2.05, 4.69) is 15.4 Å². The Morgan fingerprint density at radius 2 is 1.97 bits per heavy atom. The molecule has 1 aliphatic heterocycles. The molecule has 3 heterocycles. The Hall–Kier alpha value is -3.17. The number of carbonyl (C=O) groups is 2. The van der Waals surface area contributed by atoms with E-state index in [1.54, 1.807) is 13.0 Å². The Kier molecular flexibility index (Phi) is 6.91. The lowest BCUT2D eigenvalue weighted by Gasteiger charge is -2.42. The highest BCUT2D eigenvalue weighted by atomic mass is 19.1. The first-order valence-electron chi connectivity index (χ1n) is 11.5. The van der Waals surface area contributed by atoms with Gasteiger partial charge < -0.3 is 20.4 Å². The molecule has 10 heteroatoms. The number of hydrogen-bond acceptors (Lipinski definition) is 5. The van der Waals surface area contributed by atoms with Gasteiger partial charge >= 0.3 is 12.1 Å². The highest BCUT2D eigenvalue weighted by Gasteiger charge is 2.46. The number of aliphatic carboxylic acids is 1. The van der Waals surface area contributed by atoms with E-state index >= 15 is 4.39 Å². The number of likely N-dealkylation sites (tertiary alicyclic amines) is 1. The number of aromatic nitrogens is 3. The number of nitrogens with one attached hydrogen (secondary N) is 1. The molecule has 1 amide bonds. The molecular weight excluding hydrogens is 441 g/mol. The van der Waals surface area contributed by atoms with Crippen LogP contribution in [-0.4, -0.2) is 54.5 Å². The van der Waals surface area contributed by atoms with E-state index in [9.17, 15) is 19.8 Å². The van der Waals surface area contributed by atoms with Crippen LogP contribution in [0.1, 0.15) is 64.4 Å². The van der Waals surface area contributed by atoms with Gasteiger partial charge in [0.2, 0.25) is 0 Å². The van der Waals surface area contributed by atoms with Crippen LogP contribution in [0.25, 0.3) is 0 Å². The molecular formula is C24H34FN5O4. The highest BCUT2D eigenvalue weighted by molar-refractivity contribution is 5.76. The molecule has 1 fully saturated rings. The summed E-state index contributed by atoms with van der Waals surface area (Å²) >= 11 is 0. The molecule has 0 aliphatic carbocycles. The molecule has 3 N–H and O–H groups in total. The number of nitrogens with zero attached hydrogens (tertiary/aromatic N) is 4. The number of carboxylic acids is 1. The quantitative estimate of drug-likeness (QED) is 0.560. The summed E-state index contributed by atoms with van der Waals surface area (Å²) in [5, 5.41) is 27.0. The summed E-state index contributed by atoms with van der Waals surface area (Å²) in [6, 6.07) is 2.97. The molecule has 0 bridgehead atoms. The van der Waals surface area contributed by atoms with Gasteiger partial charge in [-0.25, -0.2) is 14.2 Å². The molecule has 2 atom stereocenters. The van der Waals surface area contributed by atoms with Gasteiger partial charge in [0, 0.05) is 36.5 Å². The van der Waals surface area contributed by atoms with Crippen LogP contribution >= 0.6 is 0 Å². The van der Waals surface area contributed by atoms with Crippen LogP contribution in [0.4, 0.5) is 20.8 Å². The topological polar surface area (TPSA) is 121 Å². The van der Waals surface area contributed by atoms with E-state index in [1.165, 1.54) is 4.90 Å². The smallest absolute Gasteiger partial charge is 0.407 e. The number of anilines is 2. The number of carboxylic acid groups (broad SMARTS) is 2. The lowest BCUT2D eigenvalue weighted by Crippen LogP contribution is -2.51. The molecule has 9 nitrogen and oxygen atoms in total. The lowest BCUT2D eigenvalue weighted by molar-refractivity contribution is -0.153. The van der Waals surface area contributed by atoms with Gasteiger partial charge in [0.25, 0.3) is 0 Å². The number of rotatable bonds is 6. The predicted octanol–water partition coefficient (Wildman–Crippen LogP) is 4.56. The zero-order valence-corrected chi connectivity index (χ0v) is 20.6. The van der Waals surface area contributed by atoms with Gasteiger partial charge in [0.05, 0.1) is 11.0 Å². The van der Waals surface area contributed by atoms with Gasteiger partial charge in [-0.2, -0.15) is 5.10 Å². The zero-order valence-electron chi connectivity index (χ0n) is 20.6. The monoisotopic (exact) mass is 475 g/mol. The fourth-order valence-electron chi connectivity index (χ4n) is 4.80. The molecule has 0 radical (unpaired) electrons. The summed E-state index contributed by atoms with van der Waals surface area (Å²) in [6.45, 7) is 11.6. The second kappa shape index (κ2) is 9.23. The third-order valence-corrected chi connectivity index (χ3v) is 6.50. The van der Waals surface area contributed by atoms with Crippen molar-refractivity contribution in [3.05, 3.63) is 34.9 Å². The molecule has 186 valence electrons. The van der Waals surface area contributed by atoms with Gasteiger partial charge in [-0.15, -0.1) is 0 Å². The van der Waals surface area contributed by atoms with Crippen LogP contribution in [0.3, 0.4) is 0 Å². The minimum Gasteiger partial charge on any atom is -0.481 e. The first-order chi connectivity index (χ1) is 15.8. The highest BCUT2D eigenvalue weighted by Crippen LogP contribution is 2.39. The van der Waals surface area contributed by atoms with E-state index in [0.717, 1.165) is 5.69 Å². The minimum atomic E-state index is -1.18. The average molecular weight is 476 g/mol. The molecule has 0 saturated carbocycles. The van der Waals surface area contributed by atoms with E-state index < -0.39 is 29.3 Å². The average Bonchev–Trinajstić information content (AvgIpc) is 3.10. The van der Waals surface area contributed by atoms with Crippen molar-refractivity contribution in [2.24, 2.45) is 5.41 Å². The maximum absolute atomic E-state index is 15.2. The Bertz CT molecular complexity index is 1090. The van der Waals surface area contributed by atoms with Crippen molar-refractivity contribution in [2.75, 3.05) is 11.9 Å². The van der Waals surface area contributed by atoms with Crippen LogP contribution in [0.5, 0.6) is 0 Å². The van der Waals surface area contributed by atoms with Crippen molar-refractivity contribution in [3.63, 3.8) is 0 Å². The molecule has 3 rings (SSSR count). The Morgan fingerprint density at radius 3 is 2.47 bits per heavy atom. The number of amides is 1. The third kappa shape index (κ3) is 5.00. The summed E-state index contributed by atoms with van der Waals surface area (Å²) in [6.07, 6.45) is -0.243. The van der Waals surface area contributed by atoms with Crippen molar-refractivity contribution < 1.29 is 24.2 Å². The second-order valence-electron chi connectivity index (χ2n) is 10.2. The third-order valence-electron chi connectivity index (χ3n) is 6.50. The summed E-state index contributed by atoms with van der Waals surface area (Å²) in [7, 11) is 0. The summed E-state index contributed by atoms with van der Waals surface area (Å²) in [5.41, 5.74) is 0.360. The summed E-state index contributed by atoms with van der Waals surface area (Å²) in [4.78, 5) is 29.5. The summed E-state index contributed by atoms with van der Waals surface area (Å²) < 4.78 is 17.0. The zero-order chi connectivity index (χ0) is 25.4. The second-order valence-corrected chi connectivity index (χ2v) is 10.2. The summed E-state index contributed by atoms with van der Waals surface area (Å²) in [5.74, 6) is -1.03. The van der Waals surface area contributed by atoms with Crippen LogP contribution < -0.4 is 5.32 Å². The predicted molar refractivity (Wildman–Crippen MR) is 126 cm³/mol. The number of pyridine rings is 1. The van der Waals surface area contributed by atoms with E-state index in [4.69, 9.17) is 0 Å². The Morgan fingerprint density at radius 1 is 1.29 bits per heavy atom. The van der Waals surface area contributed by atoms with Crippen molar-refractivity contribution in [1.82, 2.24) is 19.7 Å². The largest absolute Gasteiger partial charge is 0.481 e. The van der Waals surface area contributed by atoms with Gasteiger partial charge in [0.15, 0.2) is 17.5 Å². The van der Waals surface area contributed by atoms with E-state index in [1.807, 2.05) is 45.4 Å². The number of halogens is 1. The van der Waals surface area contributed by atoms with E-state index in [0.29, 0.717) is 23.5 Å². The number of aryl methyl sites for hydroxylation is 2. The van der Waals surface area contributed by atoms with Crippen molar-refractivity contribution in [2.45, 2.75) is 78.8 Å². The molecule has 34 heavy (non-hydrogen) atoms. The van der Waals surface area contributed by atoms with Gasteiger partial charge in [-0.3, -0.25) is 9.48 Å². The minimum absolute atomic E-state index is 0.00414. The fourth-order valence-corrected chi connectivity index (χ4v) is 4.80. The standard InChI is InChI=1S/C24H34FN5O4/c1-7-16-11-17(13-24(21(31)32)8-9-29(22(33)34)15(3)12-24)26-20(19(16)25)27-18-10-14(2)30(28-18)23(4,5)6/h10-11,15H,7-9,12-13H2,1-6H3,(H,31,32)(H,33,34)(H,26,27,28). The number of piperidine rings is 1. The first kappa shape index (κ1) is 25.5. The van der Waals surface area contributed by atoms with Crippen molar-refractivity contribution in [1.29, 1.82) is 0 Å². The maximum atomic E-state index is 15.2. The molecule has 2 aromatic rings. The van der Waals surface area contributed by atoms with Gasteiger partial charge in [-0.1, -0.05) is 6.92 Å². The molecule has 0 aromatic carbocycles. The van der Waals surface area contributed by atoms with Crippen LogP contribution in [-0.2, 0) is 23.2 Å². The number of hydrogen-bond donors (Lipinski definition) is 3. The van der Waals surface area contributed by atoms with Gasteiger partial charge in [-0.05, 0) is 65.5 Å². The molecule has 1 aliphatic rings. The Labute approximate surface area is 199 Å². The van der Waals surface area contributed by atoms with E-state index in [-0.39, 0.29) is 37.2 Å². The van der Waals surface area contributed by atoms with Crippen LogP contribution in [0.2, 0.25) is 0 Å². The Balaban J connectivity index is 1.95. The lowest BCUT2D eigenvalue weighted by atomic mass is 9.72. The fraction of sp³-hybridized carbons (Fsp3) is 0.583. The molecule has 2 aromatic heterocycles. The van der Waals surface area contributed by atoms with Crippen molar-refractivity contribution >= 4 is 23.7 Å². The van der Waals surface area contributed by atoms with Crippen LogP contribution in [0.15, 0.2) is 12.1 Å². The normalized spacial score (nSPS) is 20.9. The van der Waals surface area contributed by atoms with Gasteiger partial charge in [0.1, 0.15) is 0 Å². The van der Waals surface area contributed by atoms with Crippen molar-refractivity contribution in [3.8, 4) is 0 Å². The molecule has 0 spiro atoms. The van der Waals surface area contributed by atoms with Crippen LogP contribution in [0, 0.1) is 18.2 Å². The maximum Gasteiger partial charge on any atom is 0.407 e. The first-order valence-corrected chi connectivity index (χ1v) is 11.5.